The minimum Gasteiger partial charge on any atom is -0.354 e. The van der Waals surface area contributed by atoms with Crippen molar-refractivity contribution in [2.75, 3.05) is 49.3 Å². The molecule has 0 spiro atoms. The molecule has 3 heterocycles. The van der Waals surface area contributed by atoms with Crippen molar-refractivity contribution in [2.45, 2.75) is 44.7 Å². The third-order valence-corrected chi connectivity index (χ3v) is 8.53. The molecule has 7 nitrogen and oxygen atoms in total. The molecular formula is C25H39Cl3N6OS. The van der Waals surface area contributed by atoms with Gasteiger partial charge in [0.2, 0.25) is 5.91 Å². The normalized spacial score (nSPS) is 23.3. The van der Waals surface area contributed by atoms with E-state index in [9.17, 15) is 4.79 Å². The summed E-state index contributed by atoms with van der Waals surface area (Å²) in [5.41, 5.74) is 8.57. The molecule has 1 aromatic carbocycles. The highest BCUT2D eigenvalue weighted by atomic mass is 35.5. The summed E-state index contributed by atoms with van der Waals surface area (Å²) in [6.07, 6.45) is 4.44. The Kier molecular flexibility index (Phi) is 12.2. The van der Waals surface area contributed by atoms with Crippen LogP contribution in [0.2, 0.25) is 0 Å². The molecule has 0 bridgehead atoms. The number of amides is 1. The second kappa shape index (κ2) is 14.1. The van der Waals surface area contributed by atoms with Gasteiger partial charge in [-0.1, -0.05) is 18.2 Å². The SMILES string of the molecule is Cc1cc(N2CCN(C3CCC(C(N)C(=O)N4CCSC4)CC3)CC2)n(-c2ccccc2)n1.Cl.Cl.Cl. The van der Waals surface area contributed by atoms with Gasteiger partial charge in [0.15, 0.2) is 0 Å². The van der Waals surface area contributed by atoms with Crippen molar-refractivity contribution in [2.24, 2.45) is 11.7 Å². The van der Waals surface area contributed by atoms with E-state index >= 15 is 0 Å². The van der Waals surface area contributed by atoms with Gasteiger partial charge in [0.25, 0.3) is 0 Å². The van der Waals surface area contributed by atoms with E-state index < -0.39 is 0 Å². The van der Waals surface area contributed by atoms with Gasteiger partial charge in [-0.2, -0.15) is 5.10 Å². The van der Waals surface area contributed by atoms with Crippen molar-refractivity contribution in [1.82, 2.24) is 19.6 Å². The highest BCUT2D eigenvalue weighted by Gasteiger charge is 2.35. The lowest BCUT2D eigenvalue weighted by Crippen LogP contribution is -2.53. The summed E-state index contributed by atoms with van der Waals surface area (Å²) in [4.78, 5) is 19.8. The topological polar surface area (TPSA) is 70.6 Å². The fourth-order valence-electron chi connectivity index (χ4n) is 5.61. The lowest BCUT2D eigenvalue weighted by molar-refractivity contribution is -0.132. The highest BCUT2D eigenvalue weighted by Crippen LogP contribution is 2.32. The van der Waals surface area contributed by atoms with Gasteiger partial charge in [0, 0.05) is 50.6 Å². The molecular weight excluding hydrogens is 539 g/mol. The summed E-state index contributed by atoms with van der Waals surface area (Å²) in [6, 6.07) is 12.9. The summed E-state index contributed by atoms with van der Waals surface area (Å²) in [7, 11) is 0. The van der Waals surface area contributed by atoms with Crippen LogP contribution in [-0.2, 0) is 4.79 Å². The summed E-state index contributed by atoms with van der Waals surface area (Å²) < 4.78 is 2.08. The number of nitrogens with zero attached hydrogens (tertiary/aromatic N) is 5. The molecule has 1 atom stereocenters. The molecule has 1 unspecified atom stereocenters. The molecule has 36 heavy (non-hydrogen) atoms. The number of anilines is 1. The quantitative estimate of drug-likeness (QED) is 0.580. The number of rotatable bonds is 5. The van der Waals surface area contributed by atoms with E-state index in [2.05, 4.69) is 51.7 Å². The maximum absolute atomic E-state index is 12.7. The number of aryl methyl sites for hydroxylation is 1. The molecule has 1 amide bonds. The van der Waals surface area contributed by atoms with Crippen LogP contribution in [0.5, 0.6) is 0 Å². The maximum atomic E-state index is 12.7. The first-order valence-corrected chi connectivity index (χ1v) is 13.5. The van der Waals surface area contributed by atoms with Crippen molar-refractivity contribution in [3.63, 3.8) is 0 Å². The number of nitrogens with two attached hydrogens (primary N) is 1. The van der Waals surface area contributed by atoms with E-state index in [0.29, 0.717) is 12.0 Å². The van der Waals surface area contributed by atoms with Gasteiger partial charge < -0.3 is 15.5 Å². The predicted octanol–water partition coefficient (Wildman–Crippen LogP) is 3.99. The van der Waals surface area contributed by atoms with Gasteiger partial charge in [0.05, 0.1) is 23.3 Å². The predicted molar refractivity (Wildman–Crippen MR) is 157 cm³/mol. The number of hydrogen-bond acceptors (Lipinski definition) is 6. The van der Waals surface area contributed by atoms with Crippen LogP contribution in [0.15, 0.2) is 36.4 Å². The molecule has 3 aliphatic rings. The number of benzene rings is 1. The average Bonchev–Trinajstić information content (AvgIpc) is 3.54. The van der Waals surface area contributed by atoms with Crippen LogP contribution >= 0.6 is 49.0 Å². The Bertz CT molecular complexity index is 943. The molecule has 3 fully saturated rings. The highest BCUT2D eigenvalue weighted by molar-refractivity contribution is 7.99. The summed E-state index contributed by atoms with van der Waals surface area (Å²) in [5, 5.41) is 4.75. The van der Waals surface area contributed by atoms with E-state index in [1.165, 1.54) is 5.82 Å². The van der Waals surface area contributed by atoms with Gasteiger partial charge in [-0.15, -0.1) is 49.0 Å². The standard InChI is InChI=1S/C25H36N6OS.3ClH/c1-19-17-23(31(27-19)22-5-3-2-4-6-22)29-13-11-28(12-14-29)21-9-7-20(8-10-21)24(26)25(32)30-15-16-33-18-30;;;/h2-6,17,20-21,24H,7-16,18,26H2,1H3;3*1H. The Balaban J connectivity index is 0.00000152. The minimum absolute atomic E-state index is 0. The minimum atomic E-state index is -0.317. The van der Waals surface area contributed by atoms with Crippen LogP contribution < -0.4 is 10.6 Å². The van der Waals surface area contributed by atoms with E-state index in [1.807, 2.05) is 22.7 Å². The molecule has 5 rings (SSSR count). The van der Waals surface area contributed by atoms with Crippen LogP contribution in [0, 0.1) is 12.8 Å². The van der Waals surface area contributed by atoms with E-state index in [0.717, 1.165) is 81.4 Å². The molecule has 1 aromatic heterocycles. The first-order chi connectivity index (χ1) is 16.1. The molecule has 11 heteroatoms. The van der Waals surface area contributed by atoms with Gasteiger partial charge in [-0.3, -0.25) is 9.69 Å². The largest absolute Gasteiger partial charge is 0.354 e. The second-order valence-corrected chi connectivity index (χ2v) is 10.7. The number of hydrogen-bond donors (Lipinski definition) is 1. The number of carbonyl (C=O) groups is 1. The molecule has 202 valence electrons. The zero-order valence-corrected chi connectivity index (χ0v) is 24.1. The Morgan fingerprint density at radius 1 is 1.00 bits per heavy atom. The lowest BCUT2D eigenvalue weighted by Gasteiger charge is -2.43. The molecule has 1 aliphatic carbocycles. The summed E-state index contributed by atoms with van der Waals surface area (Å²) >= 11 is 1.83. The molecule has 1 saturated carbocycles. The molecule has 2 aromatic rings. The van der Waals surface area contributed by atoms with Gasteiger partial charge in [0.1, 0.15) is 5.82 Å². The van der Waals surface area contributed by atoms with Crippen molar-refractivity contribution < 1.29 is 4.79 Å². The van der Waals surface area contributed by atoms with Gasteiger partial charge in [-0.25, -0.2) is 4.68 Å². The molecule has 0 radical (unpaired) electrons. The zero-order valence-electron chi connectivity index (χ0n) is 20.8. The number of thioether (sulfide) groups is 1. The Labute approximate surface area is 237 Å². The third kappa shape index (κ3) is 6.83. The summed E-state index contributed by atoms with van der Waals surface area (Å²) in [5.74, 6) is 3.55. The number of carbonyl (C=O) groups excluding carboxylic acids is 1. The summed E-state index contributed by atoms with van der Waals surface area (Å²) in [6.45, 7) is 7.11. The van der Waals surface area contributed by atoms with E-state index in [-0.39, 0.29) is 49.2 Å². The van der Waals surface area contributed by atoms with Crippen molar-refractivity contribution in [3.8, 4) is 5.69 Å². The fourth-order valence-corrected chi connectivity index (χ4v) is 6.57. The maximum Gasteiger partial charge on any atom is 0.240 e. The second-order valence-electron chi connectivity index (χ2n) is 9.65. The van der Waals surface area contributed by atoms with Crippen LogP contribution in [0.3, 0.4) is 0 Å². The van der Waals surface area contributed by atoms with Crippen LogP contribution in [0.1, 0.15) is 31.4 Å². The first-order valence-electron chi connectivity index (χ1n) is 12.3. The average molecular weight is 578 g/mol. The number of para-hydroxylation sites is 1. The van der Waals surface area contributed by atoms with Gasteiger partial charge >= 0.3 is 0 Å². The molecule has 2 saturated heterocycles. The van der Waals surface area contributed by atoms with Gasteiger partial charge in [-0.05, 0) is 50.7 Å². The zero-order chi connectivity index (χ0) is 22.8. The Morgan fingerprint density at radius 2 is 1.67 bits per heavy atom. The fraction of sp³-hybridized carbons (Fsp3) is 0.600. The Morgan fingerprint density at radius 3 is 2.28 bits per heavy atom. The molecule has 2 aliphatic heterocycles. The van der Waals surface area contributed by atoms with E-state index in [4.69, 9.17) is 10.8 Å². The van der Waals surface area contributed by atoms with Crippen molar-refractivity contribution >= 4 is 60.7 Å². The van der Waals surface area contributed by atoms with Crippen LogP contribution in [0.4, 0.5) is 5.82 Å². The van der Waals surface area contributed by atoms with E-state index in [1.54, 1.807) is 0 Å². The first kappa shape index (κ1) is 31.1. The lowest BCUT2D eigenvalue weighted by atomic mass is 9.80. The number of halogens is 3. The van der Waals surface area contributed by atoms with Crippen LogP contribution in [0.25, 0.3) is 5.69 Å². The monoisotopic (exact) mass is 576 g/mol. The smallest absolute Gasteiger partial charge is 0.240 e. The van der Waals surface area contributed by atoms with Crippen molar-refractivity contribution in [3.05, 3.63) is 42.1 Å². The van der Waals surface area contributed by atoms with Crippen molar-refractivity contribution in [1.29, 1.82) is 0 Å². The third-order valence-electron chi connectivity index (χ3n) is 7.57. The Hall–Kier alpha value is -1.16. The van der Waals surface area contributed by atoms with Crippen LogP contribution in [-0.4, -0.2) is 81.9 Å². The number of piperazine rings is 1. The molecule has 2 N–H and O–H groups in total. The number of aromatic nitrogens is 2.